The SMILES string of the molecule is CCOC(=O)C[C@@H]([C@H](N)C(=O)O)C(F)(F)F. The van der Waals surface area contributed by atoms with Gasteiger partial charge in [-0.2, -0.15) is 13.2 Å². The van der Waals surface area contributed by atoms with Crippen LogP contribution in [0.15, 0.2) is 0 Å². The van der Waals surface area contributed by atoms with Crippen molar-refractivity contribution in [2.45, 2.75) is 25.6 Å². The number of nitrogens with two attached hydrogens (primary N) is 1. The molecule has 0 bridgehead atoms. The summed E-state index contributed by atoms with van der Waals surface area (Å²) in [6, 6.07) is -2.18. The van der Waals surface area contributed by atoms with Crippen LogP contribution in [0.3, 0.4) is 0 Å². The number of hydrogen-bond donors (Lipinski definition) is 2. The molecule has 0 saturated carbocycles. The van der Waals surface area contributed by atoms with Gasteiger partial charge in [0, 0.05) is 0 Å². The molecule has 0 aliphatic rings. The number of aliphatic carboxylic acids is 1. The highest BCUT2D eigenvalue weighted by molar-refractivity contribution is 5.76. The average molecular weight is 243 g/mol. The molecule has 0 aromatic carbocycles. The van der Waals surface area contributed by atoms with Gasteiger partial charge >= 0.3 is 18.1 Å². The molecule has 0 aromatic heterocycles. The zero-order valence-electron chi connectivity index (χ0n) is 8.45. The largest absolute Gasteiger partial charge is 0.480 e. The molecule has 0 radical (unpaired) electrons. The van der Waals surface area contributed by atoms with E-state index in [4.69, 9.17) is 10.8 Å². The summed E-state index contributed by atoms with van der Waals surface area (Å²) >= 11 is 0. The third-order valence-electron chi connectivity index (χ3n) is 1.83. The van der Waals surface area contributed by atoms with E-state index < -0.39 is 36.5 Å². The first-order chi connectivity index (χ1) is 7.20. The minimum Gasteiger partial charge on any atom is -0.480 e. The first kappa shape index (κ1) is 14.7. The van der Waals surface area contributed by atoms with Crippen LogP contribution in [-0.2, 0) is 14.3 Å². The van der Waals surface area contributed by atoms with Crippen LogP contribution >= 0.6 is 0 Å². The third-order valence-corrected chi connectivity index (χ3v) is 1.83. The van der Waals surface area contributed by atoms with Gasteiger partial charge in [-0.1, -0.05) is 0 Å². The zero-order valence-corrected chi connectivity index (χ0v) is 8.45. The fraction of sp³-hybridized carbons (Fsp3) is 0.750. The summed E-state index contributed by atoms with van der Waals surface area (Å²) < 4.78 is 41.5. The van der Waals surface area contributed by atoms with Gasteiger partial charge < -0.3 is 15.6 Å². The van der Waals surface area contributed by atoms with Crippen LogP contribution in [0, 0.1) is 5.92 Å². The molecule has 94 valence electrons. The van der Waals surface area contributed by atoms with Crippen LogP contribution < -0.4 is 5.73 Å². The topological polar surface area (TPSA) is 89.6 Å². The quantitative estimate of drug-likeness (QED) is 0.687. The minimum absolute atomic E-state index is 0.0777. The predicted molar refractivity (Wildman–Crippen MR) is 46.4 cm³/mol. The van der Waals surface area contributed by atoms with Crippen LogP contribution in [0.4, 0.5) is 13.2 Å². The predicted octanol–water partition coefficient (Wildman–Crippen LogP) is 0.530. The Morgan fingerprint density at radius 2 is 1.94 bits per heavy atom. The van der Waals surface area contributed by atoms with Crippen LogP contribution in [0.5, 0.6) is 0 Å². The maximum absolute atomic E-state index is 12.4. The molecular formula is C8H12F3NO4. The Hall–Kier alpha value is -1.31. The Morgan fingerprint density at radius 3 is 2.25 bits per heavy atom. The molecule has 0 amide bonds. The molecule has 0 aromatic rings. The van der Waals surface area contributed by atoms with Gasteiger partial charge in [-0.15, -0.1) is 0 Å². The van der Waals surface area contributed by atoms with Crippen LogP contribution in [0.2, 0.25) is 0 Å². The van der Waals surface area contributed by atoms with Gasteiger partial charge in [0.05, 0.1) is 18.9 Å². The normalized spacial score (nSPS) is 15.3. The number of halogens is 3. The Morgan fingerprint density at radius 1 is 1.44 bits per heavy atom. The summed E-state index contributed by atoms with van der Waals surface area (Å²) in [5.74, 6) is -5.38. The summed E-state index contributed by atoms with van der Waals surface area (Å²) in [6.45, 7) is 1.35. The first-order valence-corrected chi connectivity index (χ1v) is 4.40. The van der Waals surface area contributed by atoms with Crippen LogP contribution in [-0.4, -0.2) is 35.9 Å². The molecule has 0 unspecified atom stereocenters. The summed E-state index contributed by atoms with van der Waals surface area (Å²) in [6.07, 6.45) is -5.95. The maximum atomic E-state index is 12.4. The molecule has 0 spiro atoms. The molecule has 0 rings (SSSR count). The van der Waals surface area contributed by atoms with Gasteiger partial charge in [0.15, 0.2) is 0 Å². The van der Waals surface area contributed by atoms with Gasteiger partial charge in [0.1, 0.15) is 6.04 Å². The molecule has 16 heavy (non-hydrogen) atoms. The van der Waals surface area contributed by atoms with Crippen molar-refractivity contribution in [3.63, 3.8) is 0 Å². The highest BCUT2D eigenvalue weighted by atomic mass is 19.4. The second-order valence-corrected chi connectivity index (χ2v) is 3.02. The van der Waals surface area contributed by atoms with Crippen molar-refractivity contribution in [2.24, 2.45) is 11.7 Å². The van der Waals surface area contributed by atoms with E-state index in [1.54, 1.807) is 0 Å². The molecule has 0 heterocycles. The molecule has 0 aliphatic carbocycles. The van der Waals surface area contributed by atoms with Crippen molar-refractivity contribution in [3.8, 4) is 0 Å². The van der Waals surface area contributed by atoms with Crippen molar-refractivity contribution in [2.75, 3.05) is 6.61 Å². The van der Waals surface area contributed by atoms with Crippen LogP contribution in [0.25, 0.3) is 0 Å². The monoisotopic (exact) mass is 243 g/mol. The van der Waals surface area contributed by atoms with Gasteiger partial charge in [-0.3, -0.25) is 9.59 Å². The number of rotatable bonds is 5. The number of alkyl halides is 3. The van der Waals surface area contributed by atoms with E-state index in [9.17, 15) is 22.8 Å². The van der Waals surface area contributed by atoms with Crippen LogP contribution in [0.1, 0.15) is 13.3 Å². The average Bonchev–Trinajstić information content (AvgIpc) is 2.11. The Balaban J connectivity index is 4.70. The fourth-order valence-corrected chi connectivity index (χ4v) is 1.02. The second kappa shape index (κ2) is 5.69. The van der Waals surface area contributed by atoms with E-state index in [-0.39, 0.29) is 6.61 Å². The van der Waals surface area contributed by atoms with E-state index in [1.807, 2.05) is 0 Å². The highest BCUT2D eigenvalue weighted by Crippen LogP contribution is 2.31. The standard InChI is InChI=1S/C8H12F3NO4/c1-2-16-5(13)3-4(8(9,10)11)6(12)7(14)15/h4,6H,2-3,12H2,1H3,(H,14,15)/t4-,6-/m0/s1. The molecule has 5 nitrogen and oxygen atoms in total. The highest BCUT2D eigenvalue weighted by Gasteiger charge is 2.47. The fourth-order valence-electron chi connectivity index (χ4n) is 1.02. The number of carboxylic acids is 1. The van der Waals surface area contributed by atoms with E-state index >= 15 is 0 Å². The molecule has 3 N–H and O–H groups in total. The van der Waals surface area contributed by atoms with E-state index in [2.05, 4.69) is 4.74 Å². The maximum Gasteiger partial charge on any atom is 0.394 e. The van der Waals surface area contributed by atoms with Crippen molar-refractivity contribution in [3.05, 3.63) is 0 Å². The van der Waals surface area contributed by atoms with Crippen molar-refractivity contribution in [1.29, 1.82) is 0 Å². The number of ether oxygens (including phenoxy) is 1. The van der Waals surface area contributed by atoms with Gasteiger partial charge in [0.25, 0.3) is 0 Å². The van der Waals surface area contributed by atoms with Gasteiger partial charge in [-0.05, 0) is 6.92 Å². The Kier molecular flexibility index (Phi) is 5.22. The van der Waals surface area contributed by atoms with E-state index in [0.29, 0.717) is 0 Å². The molecule has 2 atom stereocenters. The smallest absolute Gasteiger partial charge is 0.394 e. The molecule has 0 fully saturated rings. The zero-order chi connectivity index (χ0) is 12.9. The Bertz CT molecular complexity index is 266. The van der Waals surface area contributed by atoms with Crippen molar-refractivity contribution < 1.29 is 32.6 Å². The summed E-state index contributed by atoms with van der Waals surface area (Å²) in [7, 11) is 0. The number of carbonyl (C=O) groups excluding carboxylic acids is 1. The Labute approximate surface area is 89.4 Å². The summed E-state index contributed by atoms with van der Waals surface area (Å²) in [5, 5.41) is 8.38. The van der Waals surface area contributed by atoms with Crippen molar-refractivity contribution >= 4 is 11.9 Å². The second-order valence-electron chi connectivity index (χ2n) is 3.02. The number of hydrogen-bond acceptors (Lipinski definition) is 4. The third kappa shape index (κ3) is 4.47. The molecular weight excluding hydrogens is 231 g/mol. The van der Waals surface area contributed by atoms with E-state index in [0.717, 1.165) is 0 Å². The molecule has 0 saturated heterocycles. The van der Waals surface area contributed by atoms with Gasteiger partial charge in [0.2, 0.25) is 0 Å². The summed E-state index contributed by atoms with van der Waals surface area (Å²) in [4.78, 5) is 21.2. The lowest BCUT2D eigenvalue weighted by Crippen LogP contribution is -2.46. The minimum atomic E-state index is -4.86. The number of carbonyl (C=O) groups is 2. The van der Waals surface area contributed by atoms with Gasteiger partial charge in [-0.25, -0.2) is 0 Å². The van der Waals surface area contributed by atoms with E-state index in [1.165, 1.54) is 6.92 Å². The molecule has 8 heteroatoms. The lowest BCUT2D eigenvalue weighted by Gasteiger charge is -2.22. The lowest BCUT2D eigenvalue weighted by atomic mass is 9.96. The first-order valence-electron chi connectivity index (χ1n) is 4.40. The lowest BCUT2D eigenvalue weighted by molar-refractivity contribution is -0.193. The summed E-state index contributed by atoms with van der Waals surface area (Å²) in [5.41, 5.74) is 4.86. The molecule has 0 aliphatic heterocycles. The number of esters is 1. The van der Waals surface area contributed by atoms with Crippen molar-refractivity contribution in [1.82, 2.24) is 0 Å². The number of carboxylic acid groups (broad SMARTS) is 1.